The van der Waals surface area contributed by atoms with E-state index in [9.17, 15) is 9.59 Å². The number of nitrogens with one attached hydrogen (secondary N) is 2. The van der Waals surface area contributed by atoms with Gasteiger partial charge < -0.3 is 15.5 Å². The summed E-state index contributed by atoms with van der Waals surface area (Å²) in [5, 5.41) is 10.2. The van der Waals surface area contributed by atoms with Gasteiger partial charge in [0.15, 0.2) is 0 Å². The standard InChI is InChI=1S/C23H26N6O2/c30-22(27-21(15-29-17-24-16-25-29)18-8-3-1-4-9-18)19-10-7-13-28(14-19)23(31)26-20-11-5-2-6-12-20/h1-6,8-9,11-12,16-17,19,21H,7,10,13-15H2,(H,26,31)(H,27,30). The molecule has 3 amide bonds. The quantitative estimate of drug-likeness (QED) is 0.644. The zero-order valence-electron chi connectivity index (χ0n) is 17.2. The predicted octanol–water partition coefficient (Wildman–Crippen LogP) is 3.08. The van der Waals surface area contributed by atoms with Crippen LogP contribution in [-0.2, 0) is 11.3 Å². The molecule has 4 rings (SSSR count). The number of anilines is 1. The minimum Gasteiger partial charge on any atom is -0.347 e. The molecular weight excluding hydrogens is 392 g/mol. The molecule has 1 aromatic heterocycles. The van der Waals surface area contributed by atoms with Crippen LogP contribution >= 0.6 is 0 Å². The summed E-state index contributed by atoms with van der Waals surface area (Å²) in [6.07, 6.45) is 4.66. The molecule has 0 bridgehead atoms. The number of carbonyl (C=O) groups is 2. The second-order valence-corrected chi connectivity index (χ2v) is 7.67. The number of nitrogens with zero attached hydrogens (tertiary/aromatic N) is 4. The molecule has 0 aliphatic carbocycles. The molecule has 160 valence electrons. The van der Waals surface area contributed by atoms with Crippen LogP contribution in [0.5, 0.6) is 0 Å². The van der Waals surface area contributed by atoms with E-state index in [1.807, 2.05) is 60.7 Å². The lowest BCUT2D eigenvalue weighted by Gasteiger charge is -2.33. The van der Waals surface area contributed by atoms with E-state index in [4.69, 9.17) is 0 Å². The first-order valence-electron chi connectivity index (χ1n) is 10.5. The van der Waals surface area contributed by atoms with Gasteiger partial charge in [0.1, 0.15) is 12.7 Å². The van der Waals surface area contributed by atoms with Crippen LogP contribution in [0.25, 0.3) is 0 Å². The van der Waals surface area contributed by atoms with Gasteiger partial charge in [0, 0.05) is 18.8 Å². The number of piperidine rings is 1. The minimum atomic E-state index is -0.253. The smallest absolute Gasteiger partial charge is 0.321 e. The molecule has 3 aromatic rings. The number of amides is 3. The maximum Gasteiger partial charge on any atom is 0.321 e. The van der Waals surface area contributed by atoms with Crippen LogP contribution in [0.15, 0.2) is 73.3 Å². The van der Waals surface area contributed by atoms with Crippen LogP contribution in [0, 0.1) is 5.92 Å². The highest BCUT2D eigenvalue weighted by Gasteiger charge is 2.30. The molecule has 1 aliphatic heterocycles. The van der Waals surface area contributed by atoms with E-state index in [0.717, 1.165) is 24.1 Å². The lowest BCUT2D eigenvalue weighted by molar-refractivity contribution is -0.127. The van der Waals surface area contributed by atoms with E-state index < -0.39 is 0 Å². The Balaban J connectivity index is 1.40. The Morgan fingerprint density at radius 2 is 1.81 bits per heavy atom. The van der Waals surface area contributed by atoms with Gasteiger partial charge in [-0.15, -0.1) is 0 Å². The zero-order valence-corrected chi connectivity index (χ0v) is 17.2. The van der Waals surface area contributed by atoms with Gasteiger partial charge in [0.2, 0.25) is 5.91 Å². The fourth-order valence-electron chi connectivity index (χ4n) is 3.82. The minimum absolute atomic E-state index is 0.0498. The average Bonchev–Trinajstić information content (AvgIpc) is 3.33. The van der Waals surface area contributed by atoms with Gasteiger partial charge in [-0.3, -0.25) is 9.48 Å². The van der Waals surface area contributed by atoms with Crippen molar-refractivity contribution in [3.8, 4) is 0 Å². The van der Waals surface area contributed by atoms with Gasteiger partial charge in [-0.25, -0.2) is 9.78 Å². The topological polar surface area (TPSA) is 92.2 Å². The van der Waals surface area contributed by atoms with E-state index in [1.54, 1.807) is 15.9 Å². The fraction of sp³-hybridized carbons (Fsp3) is 0.304. The van der Waals surface area contributed by atoms with Crippen molar-refractivity contribution in [3.63, 3.8) is 0 Å². The summed E-state index contributed by atoms with van der Waals surface area (Å²) in [5.41, 5.74) is 1.75. The normalized spacial score (nSPS) is 17.0. The molecule has 2 aromatic carbocycles. The molecule has 1 saturated heterocycles. The van der Waals surface area contributed by atoms with Crippen molar-refractivity contribution in [2.24, 2.45) is 5.92 Å². The van der Waals surface area contributed by atoms with E-state index in [1.165, 1.54) is 6.33 Å². The van der Waals surface area contributed by atoms with Crippen molar-refractivity contribution >= 4 is 17.6 Å². The summed E-state index contributed by atoms with van der Waals surface area (Å²) >= 11 is 0. The van der Waals surface area contributed by atoms with Crippen molar-refractivity contribution in [1.82, 2.24) is 25.0 Å². The number of carbonyl (C=O) groups excluding carboxylic acids is 2. The van der Waals surface area contributed by atoms with Gasteiger partial charge in [-0.05, 0) is 30.5 Å². The molecular formula is C23H26N6O2. The van der Waals surface area contributed by atoms with Gasteiger partial charge in [0.05, 0.1) is 18.5 Å². The molecule has 0 saturated carbocycles. The molecule has 0 radical (unpaired) electrons. The summed E-state index contributed by atoms with van der Waals surface area (Å²) in [6, 6.07) is 18.8. The number of para-hydroxylation sites is 1. The highest BCUT2D eigenvalue weighted by atomic mass is 16.2. The van der Waals surface area contributed by atoms with Crippen molar-refractivity contribution < 1.29 is 9.59 Å². The number of likely N-dealkylation sites (tertiary alicyclic amines) is 1. The third kappa shape index (κ3) is 5.48. The summed E-state index contributed by atoms with van der Waals surface area (Å²) in [4.78, 5) is 31.5. The maximum atomic E-state index is 13.1. The van der Waals surface area contributed by atoms with E-state index >= 15 is 0 Å². The van der Waals surface area contributed by atoms with Crippen molar-refractivity contribution in [2.75, 3.05) is 18.4 Å². The Labute approximate surface area is 181 Å². The Morgan fingerprint density at radius 3 is 2.52 bits per heavy atom. The summed E-state index contributed by atoms with van der Waals surface area (Å²) < 4.78 is 1.71. The molecule has 2 atom stereocenters. The fourth-order valence-corrected chi connectivity index (χ4v) is 3.82. The Hall–Kier alpha value is -3.68. The Kier molecular flexibility index (Phi) is 6.56. The molecule has 0 spiro atoms. The van der Waals surface area contributed by atoms with Crippen LogP contribution in [0.3, 0.4) is 0 Å². The number of aromatic nitrogens is 3. The van der Waals surface area contributed by atoms with Crippen LogP contribution in [-0.4, -0.2) is 44.7 Å². The third-order valence-corrected chi connectivity index (χ3v) is 5.46. The third-order valence-electron chi connectivity index (χ3n) is 5.46. The van der Waals surface area contributed by atoms with Crippen molar-refractivity contribution in [2.45, 2.75) is 25.4 Å². The second-order valence-electron chi connectivity index (χ2n) is 7.67. The lowest BCUT2D eigenvalue weighted by atomic mass is 9.96. The maximum absolute atomic E-state index is 13.1. The largest absolute Gasteiger partial charge is 0.347 e. The molecule has 1 fully saturated rings. The SMILES string of the molecule is O=C(NC(Cn1cncn1)c1ccccc1)C1CCCN(C(=O)Nc2ccccc2)C1. The first kappa shape index (κ1) is 20.6. The Bertz CT molecular complexity index is 978. The Morgan fingerprint density at radius 1 is 1.06 bits per heavy atom. The van der Waals surface area contributed by atoms with Crippen molar-refractivity contribution in [3.05, 3.63) is 78.9 Å². The summed E-state index contributed by atoms with van der Waals surface area (Å²) in [6.45, 7) is 1.53. The zero-order chi connectivity index (χ0) is 21.5. The molecule has 2 N–H and O–H groups in total. The average molecular weight is 419 g/mol. The lowest BCUT2D eigenvalue weighted by Crippen LogP contribution is -2.47. The molecule has 8 heteroatoms. The van der Waals surface area contributed by atoms with E-state index in [0.29, 0.717) is 19.6 Å². The van der Waals surface area contributed by atoms with Gasteiger partial charge in [-0.1, -0.05) is 48.5 Å². The number of benzene rings is 2. The predicted molar refractivity (Wildman–Crippen MR) is 117 cm³/mol. The molecule has 2 heterocycles. The van der Waals surface area contributed by atoms with Crippen LogP contribution in [0.2, 0.25) is 0 Å². The second kappa shape index (κ2) is 9.88. The number of rotatable bonds is 6. The molecule has 8 nitrogen and oxygen atoms in total. The van der Waals surface area contributed by atoms with Crippen LogP contribution in [0.1, 0.15) is 24.4 Å². The van der Waals surface area contributed by atoms with Crippen molar-refractivity contribution in [1.29, 1.82) is 0 Å². The monoisotopic (exact) mass is 418 g/mol. The highest BCUT2D eigenvalue weighted by Crippen LogP contribution is 2.21. The molecule has 1 aliphatic rings. The van der Waals surface area contributed by atoms with Crippen LogP contribution in [0.4, 0.5) is 10.5 Å². The number of hydrogen-bond acceptors (Lipinski definition) is 4. The summed E-state index contributed by atoms with van der Waals surface area (Å²) in [5.74, 6) is -0.302. The highest BCUT2D eigenvalue weighted by molar-refractivity contribution is 5.90. The first-order chi connectivity index (χ1) is 15.2. The summed E-state index contributed by atoms with van der Waals surface area (Å²) in [7, 11) is 0. The molecule has 31 heavy (non-hydrogen) atoms. The molecule has 2 unspecified atom stereocenters. The van der Waals surface area contributed by atoms with Gasteiger partial charge in [0.25, 0.3) is 0 Å². The van der Waals surface area contributed by atoms with E-state index in [-0.39, 0.29) is 23.9 Å². The number of urea groups is 1. The first-order valence-corrected chi connectivity index (χ1v) is 10.5. The number of hydrogen-bond donors (Lipinski definition) is 2. The van der Waals surface area contributed by atoms with Gasteiger partial charge in [-0.2, -0.15) is 5.10 Å². The van der Waals surface area contributed by atoms with E-state index in [2.05, 4.69) is 20.7 Å². The van der Waals surface area contributed by atoms with Crippen LogP contribution < -0.4 is 10.6 Å². The van der Waals surface area contributed by atoms with Gasteiger partial charge >= 0.3 is 6.03 Å².